The molecule has 0 fully saturated rings. The zero-order valence-electron chi connectivity index (χ0n) is 11.7. The number of carbonyl (C=O) groups is 2. The Hall–Kier alpha value is -1.38. The normalized spacial score (nSPS) is 19.1. The van der Waals surface area contributed by atoms with Crippen LogP contribution < -0.4 is 0 Å². The fraction of sp³-hybridized carbons (Fsp3) is 0.600. The van der Waals surface area contributed by atoms with Crippen LogP contribution in [0.5, 0.6) is 0 Å². The molecule has 0 aromatic carbocycles. The molecule has 0 radical (unpaired) electrons. The molecule has 0 atom stereocenters. The van der Waals surface area contributed by atoms with Gasteiger partial charge >= 0.3 is 5.97 Å². The van der Waals surface area contributed by atoms with Crippen molar-refractivity contribution in [3.8, 4) is 0 Å². The van der Waals surface area contributed by atoms with Gasteiger partial charge in [0.15, 0.2) is 12.4 Å². The maximum Gasteiger partial charge on any atom is 0.303 e. The average Bonchev–Trinajstić information content (AvgIpc) is 2.24. The Labute approximate surface area is 109 Å². The molecule has 0 aromatic rings. The Morgan fingerprint density at radius 2 is 2.06 bits per heavy atom. The number of esters is 1. The first kappa shape index (κ1) is 14.7. The molecule has 3 heteroatoms. The Kier molecular flexibility index (Phi) is 4.88. The van der Waals surface area contributed by atoms with Crippen LogP contribution in [-0.2, 0) is 14.3 Å². The summed E-state index contributed by atoms with van der Waals surface area (Å²) in [4.78, 5) is 22.1. The van der Waals surface area contributed by atoms with E-state index in [4.69, 9.17) is 0 Å². The van der Waals surface area contributed by atoms with Crippen LogP contribution in [0.1, 0.15) is 47.0 Å². The number of carbonyl (C=O) groups excluding carboxylic acids is 2. The van der Waals surface area contributed by atoms with E-state index in [0.717, 1.165) is 12.8 Å². The first-order valence-corrected chi connectivity index (χ1v) is 6.37. The number of ketones is 1. The molecule has 0 spiro atoms. The van der Waals surface area contributed by atoms with Crippen LogP contribution in [0, 0.1) is 5.41 Å². The molecule has 100 valence electrons. The summed E-state index contributed by atoms with van der Waals surface area (Å²) in [6.07, 6.45) is 6.86. The van der Waals surface area contributed by atoms with E-state index in [1.807, 2.05) is 6.08 Å². The molecule has 1 aliphatic carbocycles. The monoisotopic (exact) mass is 250 g/mol. The second-order valence-corrected chi connectivity index (χ2v) is 5.51. The molecule has 0 heterocycles. The summed E-state index contributed by atoms with van der Waals surface area (Å²) < 4.78 is 4.67. The Morgan fingerprint density at radius 3 is 2.61 bits per heavy atom. The third-order valence-corrected chi connectivity index (χ3v) is 3.40. The summed E-state index contributed by atoms with van der Waals surface area (Å²) >= 11 is 0. The molecule has 1 aliphatic rings. The molecule has 0 unspecified atom stereocenters. The maximum atomic E-state index is 11.5. The molecule has 0 amide bonds. The van der Waals surface area contributed by atoms with Crippen molar-refractivity contribution in [3.63, 3.8) is 0 Å². The Bertz CT molecular complexity index is 400. The standard InChI is InChI=1S/C15H22O3/c1-11-6-5-9-15(3,4)14(11)8-7-13(17)10-18-12(2)16/h7-8H,5-6,9-10H2,1-4H3/b8-7+. The van der Waals surface area contributed by atoms with Gasteiger partial charge in [-0.25, -0.2) is 0 Å². The summed E-state index contributed by atoms with van der Waals surface area (Å²) in [6, 6.07) is 0. The van der Waals surface area contributed by atoms with Gasteiger partial charge in [-0.2, -0.15) is 0 Å². The minimum Gasteiger partial charge on any atom is -0.457 e. The third kappa shape index (κ3) is 4.13. The van der Waals surface area contributed by atoms with E-state index in [9.17, 15) is 9.59 Å². The van der Waals surface area contributed by atoms with Crippen LogP contribution >= 0.6 is 0 Å². The predicted molar refractivity (Wildman–Crippen MR) is 71.1 cm³/mol. The number of allylic oxidation sites excluding steroid dienone is 3. The summed E-state index contributed by atoms with van der Waals surface area (Å²) in [5, 5.41) is 0. The first-order chi connectivity index (χ1) is 8.33. The van der Waals surface area contributed by atoms with Crippen LogP contribution in [0.15, 0.2) is 23.3 Å². The highest BCUT2D eigenvalue weighted by Gasteiger charge is 2.26. The van der Waals surface area contributed by atoms with Crippen LogP contribution in [-0.4, -0.2) is 18.4 Å². The maximum absolute atomic E-state index is 11.5. The van der Waals surface area contributed by atoms with E-state index in [0.29, 0.717) is 0 Å². The second-order valence-electron chi connectivity index (χ2n) is 5.51. The van der Waals surface area contributed by atoms with E-state index < -0.39 is 5.97 Å². The van der Waals surface area contributed by atoms with Gasteiger partial charge in [0.1, 0.15) is 0 Å². The van der Waals surface area contributed by atoms with Crippen molar-refractivity contribution in [2.75, 3.05) is 6.61 Å². The first-order valence-electron chi connectivity index (χ1n) is 6.37. The highest BCUT2D eigenvalue weighted by Crippen LogP contribution is 2.40. The van der Waals surface area contributed by atoms with E-state index in [2.05, 4.69) is 25.5 Å². The minimum atomic E-state index is -0.426. The van der Waals surface area contributed by atoms with Gasteiger partial charge in [0.05, 0.1) is 0 Å². The summed E-state index contributed by atoms with van der Waals surface area (Å²) in [5.41, 5.74) is 2.72. The molecule has 3 nitrogen and oxygen atoms in total. The lowest BCUT2D eigenvalue weighted by Gasteiger charge is -2.32. The average molecular weight is 250 g/mol. The summed E-state index contributed by atoms with van der Waals surface area (Å²) in [6.45, 7) is 7.65. The highest BCUT2D eigenvalue weighted by atomic mass is 16.5. The minimum absolute atomic E-state index is 0.126. The summed E-state index contributed by atoms with van der Waals surface area (Å²) in [7, 11) is 0. The number of hydrogen-bond donors (Lipinski definition) is 0. The molecule has 0 aromatic heterocycles. The van der Waals surface area contributed by atoms with Crippen LogP contribution in [0.4, 0.5) is 0 Å². The van der Waals surface area contributed by atoms with E-state index >= 15 is 0 Å². The topological polar surface area (TPSA) is 43.4 Å². The molecule has 0 saturated carbocycles. The van der Waals surface area contributed by atoms with Gasteiger partial charge in [0.25, 0.3) is 0 Å². The Morgan fingerprint density at radius 1 is 1.39 bits per heavy atom. The fourth-order valence-electron chi connectivity index (χ4n) is 2.41. The molecule has 0 saturated heterocycles. The largest absolute Gasteiger partial charge is 0.457 e. The fourth-order valence-corrected chi connectivity index (χ4v) is 2.41. The van der Waals surface area contributed by atoms with Crippen LogP contribution in [0.2, 0.25) is 0 Å². The van der Waals surface area contributed by atoms with Crippen molar-refractivity contribution in [1.82, 2.24) is 0 Å². The van der Waals surface area contributed by atoms with Gasteiger partial charge in [0, 0.05) is 6.92 Å². The lowest BCUT2D eigenvalue weighted by atomic mass is 9.72. The van der Waals surface area contributed by atoms with Gasteiger partial charge in [-0.05, 0) is 43.3 Å². The zero-order valence-corrected chi connectivity index (χ0v) is 11.7. The molecule has 18 heavy (non-hydrogen) atoms. The zero-order chi connectivity index (χ0) is 13.8. The van der Waals surface area contributed by atoms with Crippen molar-refractivity contribution in [2.45, 2.75) is 47.0 Å². The lowest BCUT2D eigenvalue weighted by molar-refractivity contribution is -0.144. The van der Waals surface area contributed by atoms with E-state index in [1.165, 1.54) is 30.6 Å². The van der Waals surface area contributed by atoms with Gasteiger partial charge in [0.2, 0.25) is 0 Å². The van der Waals surface area contributed by atoms with Crippen molar-refractivity contribution in [2.24, 2.45) is 5.41 Å². The van der Waals surface area contributed by atoms with E-state index in [-0.39, 0.29) is 17.8 Å². The smallest absolute Gasteiger partial charge is 0.303 e. The quantitative estimate of drug-likeness (QED) is 0.568. The van der Waals surface area contributed by atoms with Crippen molar-refractivity contribution >= 4 is 11.8 Å². The van der Waals surface area contributed by atoms with Gasteiger partial charge < -0.3 is 4.74 Å². The predicted octanol–water partition coefficient (Wildman–Crippen LogP) is 3.20. The Balaban J connectivity index is 2.70. The number of rotatable bonds is 4. The molecular formula is C15H22O3. The van der Waals surface area contributed by atoms with Gasteiger partial charge in [-0.1, -0.05) is 25.5 Å². The van der Waals surface area contributed by atoms with Gasteiger partial charge in [-0.3, -0.25) is 9.59 Å². The molecule has 0 N–H and O–H groups in total. The number of ether oxygens (including phenoxy) is 1. The van der Waals surface area contributed by atoms with Crippen LogP contribution in [0.3, 0.4) is 0 Å². The summed E-state index contributed by atoms with van der Waals surface area (Å²) in [5.74, 6) is -0.600. The van der Waals surface area contributed by atoms with Crippen LogP contribution in [0.25, 0.3) is 0 Å². The van der Waals surface area contributed by atoms with Crippen molar-refractivity contribution in [3.05, 3.63) is 23.3 Å². The lowest BCUT2D eigenvalue weighted by Crippen LogP contribution is -2.19. The SMILES string of the molecule is CC(=O)OCC(=O)/C=C/C1=C(C)CCCC1(C)C. The second kappa shape index (κ2) is 5.98. The molecular weight excluding hydrogens is 228 g/mol. The highest BCUT2D eigenvalue weighted by molar-refractivity contribution is 5.92. The van der Waals surface area contributed by atoms with Crippen molar-refractivity contribution in [1.29, 1.82) is 0 Å². The molecule has 0 bridgehead atoms. The number of hydrogen-bond acceptors (Lipinski definition) is 3. The van der Waals surface area contributed by atoms with E-state index in [1.54, 1.807) is 0 Å². The molecule has 1 rings (SSSR count). The molecule has 0 aliphatic heterocycles. The third-order valence-electron chi connectivity index (χ3n) is 3.40. The van der Waals surface area contributed by atoms with Gasteiger partial charge in [-0.15, -0.1) is 0 Å². The van der Waals surface area contributed by atoms with Crippen molar-refractivity contribution < 1.29 is 14.3 Å².